The quantitative estimate of drug-likeness (QED) is 0.761. The van der Waals surface area contributed by atoms with E-state index in [9.17, 15) is 4.79 Å². The lowest BCUT2D eigenvalue weighted by Gasteiger charge is -2.07. The van der Waals surface area contributed by atoms with Crippen molar-refractivity contribution in [2.24, 2.45) is 5.73 Å². The standard InChI is InChI=1S/C18H20N4O/c1-13-4-2-5-16(10-13)22-17-11-15(8-7-14(17)12-20-22)21-18(23)6-3-9-19/h2,4-5,7-8,10-12H,3,6,9,19H2,1H3,(H,21,23). The minimum atomic E-state index is -0.0172. The number of aryl methyl sites for hydroxylation is 1. The van der Waals surface area contributed by atoms with Crippen LogP contribution in [0.1, 0.15) is 18.4 Å². The van der Waals surface area contributed by atoms with Gasteiger partial charge in [-0.05, 0) is 55.8 Å². The molecule has 0 unspecified atom stereocenters. The molecule has 0 saturated carbocycles. The van der Waals surface area contributed by atoms with Gasteiger partial charge in [0.15, 0.2) is 0 Å². The number of nitrogens with zero attached hydrogens (tertiary/aromatic N) is 2. The van der Waals surface area contributed by atoms with Gasteiger partial charge in [-0.3, -0.25) is 4.79 Å². The number of anilines is 1. The highest BCUT2D eigenvalue weighted by Gasteiger charge is 2.08. The number of aromatic nitrogens is 2. The number of hydrogen-bond acceptors (Lipinski definition) is 3. The predicted octanol–water partition coefficient (Wildman–Crippen LogP) is 3.01. The largest absolute Gasteiger partial charge is 0.330 e. The maximum absolute atomic E-state index is 11.9. The van der Waals surface area contributed by atoms with Gasteiger partial charge in [0.2, 0.25) is 5.91 Å². The fraction of sp³-hybridized carbons (Fsp3) is 0.222. The van der Waals surface area contributed by atoms with E-state index >= 15 is 0 Å². The minimum Gasteiger partial charge on any atom is -0.330 e. The van der Waals surface area contributed by atoms with Crippen molar-refractivity contribution in [3.63, 3.8) is 0 Å². The van der Waals surface area contributed by atoms with Crippen LogP contribution >= 0.6 is 0 Å². The summed E-state index contributed by atoms with van der Waals surface area (Å²) in [5, 5.41) is 8.41. The second-order valence-corrected chi connectivity index (χ2v) is 5.61. The Bertz CT molecular complexity index is 838. The first-order valence-electron chi connectivity index (χ1n) is 7.72. The van der Waals surface area contributed by atoms with Gasteiger partial charge in [0, 0.05) is 17.5 Å². The average molecular weight is 308 g/mol. The molecule has 3 rings (SSSR count). The zero-order chi connectivity index (χ0) is 16.2. The highest BCUT2D eigenvalue weighted by atomic mass is 16.1. The van der Waals surface area contributed by atoms with Crippen LogP contribution < -0.4 is 11.1 Å². The molecule has 0 radical (unpaired) electrons. The zero-order valence-electron chi connectivity index (χ0n) is 13.1. The number of carbonyl (C=O) groups is 1. The molecule has 0 bridgehead atoms. The van der Waals surface area contributed by atoms with Crippen molar-refractivity contribution < 1.29 is 4.79 Å². The van der Waals surface area contributed by atoms with E-state index in [4.69, 9.17) is 5.73 Å². The van der Waals surface area contributed by atoms with Crippen LogP contribution in [0.25, 0.3) is 16.6 Å². The molecule has 0 aliphatic rings. The van der Waals surface area contributed by atoms with Gasteiger partial charge in [0.25, 0.3) is 0 Å². The van der Waals surface area contributed by atoms with E-state index in [1.807, 2.05) is 41.2 Å². The summed E-state index contributed by atoms with van der Waals surface area (Å²) in [6.07, 6.45) is 2.96. The molecule has 1 amide bonds. The zero-order valence-corrected chi connectivity index (χ0v) is 13.1. The van der Waals surface area contributed by atoms with E-state index in [0.717, 1.165) is 22.3 Å². The molecule has 1 heterocycles. The van der Waals surface area contributed by atoms with Crippen LogP contribution in [-0.4, -0.2) is 22.2 Å². The van der Waals surface area contributed by atoms with Crippen molar-refractivity contribution in [3.8, 4) is 5.69 Å². The minimum absolute atomic E-state index is 0.0172. The lowest BCUT2D eigenvalue weighted by atomic mass is 10.2. The van der Waals surface area contributed by atoms with E-state index in [2.05, 4.69) is 29.5 Å². The number of fused-ring (bicyclic) bond motifs is 1. The molecule has 0 spiro atoms. The van der Waals surface area contributed by atoms with Crippen LogP contribution in [0.4, 0.5) is 5.69 Å². The van der Waals surface area contributed by atoms with Crippen LogP contribution in [0.5, 0.6) is 0 Å². The Kier molecular flexibility index (Phi) is 4.39. The Morgan fingerprint density at radius 2 is 2.13 bits per heavy atom. The van der Waals surface area contributed by atoms with E-state index in [1.54, 1.807) is 0 Å². The van der Waals surface area contributed by atoms with Crippen LogP contribution in [0.3, 0.4) is 0 Å². The summed E-state index contributed by atoms with van der Waals surface area (Å²) in [6.45, 7) is 2.57. The van der Waals surface area contributed by atoms with Crippen molar-refractivity contribution in [2.75, 3.05) is 11.9 Å². The molecule has 1 aromatic heterocycles. The topological polar surface area (TPSA) is 72.9 Å². The van der Waals surface area contributed by atoms with Gasteiger partial charge in [-0.25, -0.2) is 4.68 Å². The van der Waals surface area contributed by atoms with Gasteiger partial charge in [-0.2, -0.15) is 5.10 Å². The first-order chi connectivity index (χ1) is 11.2. The molecule has 5 heteroatoms. The third-order valence-electron chi connectivity index (χ3n) is 3.71. The van der Waals surface area contributed by atoms with Crippen LogP contribution in [0, 0.1) is 6.92 Å². The van der Waals surface area contributed by atoms with Crippen molar-refractivity contribution in [1.82, 2.24) is 9.78 Å². The molecule has 118 valence electrons. The fourth-order valence-electron chi connectivity index (χ4n) is 2.55. The van der Waals surface area contributed by atoms with Crippen molar-refractivity contribution in [1.29, 1.82) is 0 Å². The summed E-state index contributed by atoms with van der Waals surface area (Å²) < 4.78 is 1.89. The SMILES string of the molecule is Cc1cccc(-n2ncc3ccc(NC(=O)CCCN)cc32)c1. The molecule has 0 atom stereocenters. The van der Waals surface area contributed by atoms with Crippen molar-refractivity contribution >= 4 is 22.5 Å². The lowest BCUT2D eigenvalue weighted by molar-refractivity contribution is -0.116. The van der Waals surface area contributed by atoms with Gasteiger partial charge in [-0.1, -0.05) is 12.1 Å². The van der Waals surface area contributed by atoms with E-state index < -0.39 is 0 Å². The van der Waals surface area contributed by atoms with Crippen molar-refractivity contribution in [2.45, 2.75) is 19.8 Å². The van der Waals surface area contributed by atoms with Gasteiger partial charge in [-0.15, -0.1) is 0 Å². The maximum Gasteiger partial charge on any atom is 0.224 e. The molecule has 0 aliphatic carbocycles. The van der Waals surface area contributed by atoms with Gasteiger partial charge < -0.3 is 11.1 Å². The van der Waals surface area contributed by atoms with Crippen LogP contribution in [-0.2, 0) is 4.79 Å². The van der Waals surface area contributed by atoms with E-state index in [0.29, 0.717) is 19.4 Å². The number of nitrogens with two attached hydrogens (primary N) is 1. The number of rotatable bonds is 5. The number of nitrogens with one attached hydrogen (secondary N) is 1. The number of carbonyl (C=O) groups excluding carboxylic acids is 1. The summed E-state index contributed by atoms with van der Waals surface area (Å²) in [4.78, 5) is 11.9. The second kappa shape index (κ2) is 6.62. The van der Waals surface area contributed by atoms with Crippen LogP contribution in [0.2, 0.25) is 0 Å². The molecule has 3 N–H and O–H groups in total. The second-order valence-electron chi connectivity index (χ2n) is 5.61. The molecule has 0 saturated heterocycles. The number of benzene rings is 2. The van der Waals surface area contributed by atoms with Crippen molar-refractivity contribution in [3.05, 3.63) is 54.2 Å². The first kappa shape index (κ1) is 15.2. The van der Waals surface area contributed by atoms with Gasteiger partial charge in [0.1, 0.15) is 0 Å². The summed E-state index contributed by atoms with van der Waals surface area (Å²) in [5.41, 5.74) is 9.36. The van der Waals surface area contributed by atoms with Gasteiger partial charge in [0.05, 0.1) is 17.4 Å². The average Bonchev–Trinajstić information content (AvgIpc) is 2.96. The molecular weight excluding hydrogens is 288 g/mol. The molecule has 5 nitrogen and oxygen atoms in total. The number of amides is 1. The van der Waals surface area contributed by atoms with E-state index in [1.165, 1.54) is 5.56 Å². The Balaban J connectivity index is 1.92. The monoisotopic (exact) mass is 308 g/mol. The number of hydrogen-bond donors (Lipinski definition) is 2. The molecule has 0 aliphatic heterocycles. The molecule has 3 aromatic rings. The highest BCUT2D eigenvalue weighted by Crippen LogP contribution is 2.22. The third kappa shape index (κ3) is 3.40. The van der Waals surface area contributed by atoms with Gasteiger partial charge >= 0.3 is 0 Å². The highest BCUT2D eigenvalue weighted by molar-refractivity contribution is 5.93. The predicted molar refractivity (Wildman–Crippen MR) is 92.7 cm³/mol. The Morgan fingerprint density at radius 3 is 2.91 bits per heavy atom. The van der Waals surface area contributed by atoms with Crippen LogP contribution in [0.15, 0.2) is 48.7 Å². The maximum atomic E-state index is 11.9. The lowest BCUT2D eigenvalue weighted by Crippen LogP contribution is -2.13. The summed E-state index contributed by atoms with van der Waals surface area (Å²) in [6, 6.07) is 14.0. The fourth-order valence-corrected chi connectivity index (χ4v) is 2.55. The normalized spacial score (nSPS) is 10.9. The smallest absolute Gasteiger partial charge is 0.224 e. The summed E-state index contributed by atoms with van der Waals surface area (Å²) in [5.74, 6) is -0.0172. The molecule has 23 heavy (non-hydrogen) atoms. The summed E-state index contributed by atoms with van der Waals surface area (Å²) >= 11 is 0. The molecule has 2 aromatic carbocycles. The first-order valence-corrected chi connectivity index (χ1v) is 7.72. The summed E-state index contributed by atoms with van der Waals surface area (Å²) in [7, 11) is 0. The Morgan fingerprint density at radius 1 is 1.26 bits per heavy atom. The molecular formula is C18H20N4O. The Hall–Kier alpha value is -2.66. The Labute approximate surface area is 135 Å². The van der Waals surface area contributed by atoms with E-state index in [-0.39, 0.29) is 5.91 Å². The molecule has 0 fully saturated rings. The third-order valence-corrected chi connectivity index (χ3v) is 3.71.